The van der Waals surface area contributed by atoms with Crippen molar-refractivity contribution in [3.63, 3.8) is 0 Å². The maximum Gasteiger partial charge on any atom is 0.137 e. The van der Waals surface area contributed by atoms with Crippen molar-refractivity contribution in [2.24, 2.45) is 0 Å². The summed E-state index contributed by atoms with van der Waals surface area (Å²) in [5.74, 6) is 0.935. The van der Waals surface area contributed by atoms with E-state index >= 15 is 0 Å². The van der Waals surface area contributed by atoms with Crippen LogP contribution in [0.5, 0.6) is 0 Å². The van der Waals surface area contributed by atoms with E-state index < -0.39 is 0 Å². The molecule has 1 N–H and O–H groups in total. The van der Waals surface area contributed by atoms with Gasteiger partial charge in [0.1, 0.15) is 5.76 Å². The summed E-state index contributed by atoms with van der Waals surface area (Å²) in [5.41, 5.74) is 0. The molecule has 3 nitrogen and oxygen atoms in total. The fourth-order valence-electron chi connectivity index (χ4n) is 0.619. The van der Waals surface area contributed by atoms with Gasteiger partial charge in [-0.2, -0.15) is 0 Å². The lowest BCUT2D eigenvalue weighted by Crippen LogP contribution is -2.09. The van der Waals surface area contributed by atoms with Crippen molar-refractivity contribution in [2.45, 2.75) is 6.42 Å². The van der Waals surface area contributed by atoms with Gasteiger partial charge in [-0.05, 0) is 7.05 Å². The second-order valence-corrected chi connectivity index (χ2v) is 1.83. The van der Waals surface area contributed by atoms with Gasteiger partial charge in [0.15, 0.2) is 0 Å². The molecule has 50 valence electrons. The van der Waals surface area contributed by atoms with E-state index in [1.165, 1.54) is 0 Å². The van der Waals surface area contributed by atoms with Crippen LogP contribution in [0.25, 0.3) is 0 Å². The number of aromatic nitrogens is 1. The Labute approximate surface area is 54.0 Å². The molecule has 9 heavy (non-hydrogen) atoms. The van der Waals surface area contributed by atoms with Crippen molar-refractivity contribution < 1.29 is 4.52 Å². The van der Waals surface area contributed by atoms with Gasteiger partial charge in [-0.25, -0.2) is 0 Å². The first-order valence-corrected chi connectivity index (χ1v) is 2.97. The van der Waals surface area contributed by atoms with Crippen molar-refractivity contribution in [1.29, 1.82) is 0 Å². The molecule has 0 saturated heterocycles. The molecule has 1 aromatic rings. The molecule has 0 aromatic carbocycles. The average molecular weight is 126 g/mol. The van der Waals surface area contributed by atoms with Crippen LogP contribution >= 0.6 is 0 Å². The first-order chi connectivity index (χ1) is 4.43. The van der Waals surface area contributed by atoms with Gasteiger partial charge in [0, 0.05) is 19.0 Å². The van der Waals surface area contributed by atoms with Crippen LogP contribution in [0.4, 0.5) is 0 Å². The van der Waals surface area contributed by atoms with Crippen molar-refractivity contribution in [1.82, 2.24) is 10.5 Å². The van der Waals surface area contributed by atoms with Crippen molar-refractivity contribution >= 4 is 0 Å². The van der Waals surface area contributed by atoms with Crippen molar-refractivity contribution in [2.75, 3.05) is 13.6 Å². The second kappa shape index (κ2) is 3.25. The highest BCUT2D eigenvalue weighted by Gasteiger charge is 1.92. The van der Waals surface area contributed by atoms with Gasteiger partial charge < -0.3 is 9.84 Å². The standard InChI is InChI=1S/C6H10N2O/c1-7-4-2-6-3-5-8-9-6/h3,5,7H,2,4H2,1H3. The summed E-state index contributed by atoms with van der Waals surface area (Å²) in [6.07, 6.45) is 2.57. The molecular formula is C6H10N2O. The maximum atomic E-state index is 4.85. The van der Waals surface area contributed by atoms with E-state index in [1.807, 2.05) is 13.1 Å². The van der Waals surface area contributed by atoms with Gasteiger partial charge in [0.05, 0.1) is 6.20 Å². The van der Waals surface area contributed by atoms with Crippen LogP contribution in [-0.4, -0.2) is 18.7 Å². The molecule has 0 amide bonds. The van der Waals surface area contributed by atoms with E-state index in [4.69, 9.17) is 4.52 Å². The van der Waals surface area contributed by atoms with E-state index in [1.54, 1.807) is 6.20 Å². The van der Waals surface area contributed by atoms with E-state index in [0.29, 0.717) is 0 Å². The first-order valence-electron chi connectivity index (χ1n) is 2.97. The fourth-order valence-corrected chi connectivity index (χ4v) is 0.619. The van der Waals surface area contributed by atoms with Crippen molar-refractivity contribution in [3.8, 4) is 0 Å². The SMILES string of the molecule is CNCCc1ccno1. The normalized spacial score (nSPS) is 9.89. The molecule has 0 fully saturated rings. The fraction of sp³-hybridized carbons (Fsp3) is 0.500. The summed E-state index contributed by atoms with van der Waals surface area (Å²) >= 11 is 0. The predicted molar refractivity (Wildman–Crippen MR) is 34.1 cm³/mol. The van der Waals surface area contributed by atoms with Gasteiger partial charge >= 0.3 is 0 Å². The summed E-state index contributed by atoms with van der Waals surface area (Å²) in [7, 11) is 1.91. The van der Waals surface area contributed by atoms with E-state index in [0.717, 1.165) is 18.7 Å². The van der Waals surface area contributed by atoms with Crippen LogP contribution in [0.15, 0.2) is 16.8 Å². The zero-order valence-electron chi connectivity index (χ0n) is 5.42. The van der Waals surface area contributed by atoms with Crippen molar-refractivity contribution in [3.05, 3.63) is 18.0 Å². The van der Waals surface area contributed by atoms with Gasteiger partial charge in [-0.1, -0.05) is 5.16 Å². The number of nitrogens with one attached hydrogen (secondary N) is 1. The van der Waals surface area contributed by atoms with E-state index in [9.17, 15) is 0 Å². The molecule has 1 rings (SSSR count). The number of hydrogen-bond acceptors (Lipinski definition) is 3. The second-order valence-electron chi connectivity index (χ2n) is 1.83. The van der Waals surface area contributed by atoms with Crippen LogP contribution in [0.2, 0.25) is 0 Å². The topological polar surface area (TPSA) is 38.1 Å². The molecule has 1 aromatic heterocycles. The zero-order chi connectivity index (χ0) is 6.53. The third-order valence-corrected chi connectivity index (χ3v) is 1.11. The molecule has 1 heterocycles. The Morgan fingerprint density at radius 2 is 2.67 bits per heavy atom. The Morgan fingerprint density at radius 3 is 3.22 bits per heavy atom. The highest BCUT2D eigenvalue weighted by molar-refractivity contribution is 4.92. The lowest BCUT2D eigenvalue weighted by atomic mass is 10.3. The monoisotopic (exact) mass is 126 g/mol. The minimum Gasteiger partial charge on any atom is -0.361 e. The van der Waals surface area contributed by atoms with E-state index in [2.05, 4.69) is 10.5 Å². The van der Waals surface area contributed by atoms with Crippen LogP contribution in [0.3, 0.4) is 0 Å². The van der Waals surface area contributed by atoms with E-state index in [-0.39, 0.29) is 0 Å². The molecule has 0 bridgehead atoms. The summed E-state index contributed by atoms with van der Waals surface area (Å²) < 4.78 is 4.85. The molecule has 0 saturated carbocycles. The number of likely N-dealkylation sites (N-methyl/N-ethyl adjacent to an activating group) is 1. The quantitative estimate of drug-likeness (QED) is 0.638. The summed E-state index contributed by atoms with van der Waals surface area (Å²) in [6.45, 7) is 0.940. The summed E-state index contributed by atoms with van der Waals surface area (Å²) in [5, 5.41) is 6.59. The summed E-state index contributed by atoms with van der Waals surface area (Å²) in [4.78, 5) is 0. The lowest BCUT2D eigenvalue weighted by Gasteiger charge is -1.91. The number of hydrogen-bond donors (Lipinski definition) is 1. The Morgan fingerprint density at radius 1 is 1.78 bits per heavy atom. The Hall–Kier alpha value is -0.830. The largest absolute Gasteiger partial charge is 0.361 e. The number of nitrogens with zero attached hydrogens (tertiary/aromatic N) is 1. The summed E-state index contributed by atoms with van der Waals surface area (Å²) in [6, 6.07) is 1.87. The highest BCUT2D eigenvalue weighted by atomic mass is 16.5. The van der Waals surface area contributed by atoms with Crippen LogP contribution in [-0.2, 0) is 6.42 Å². The molecule has 0 radical (unpaired) electrons. The molecule has 0 aliphatic carbocycles. The molecule has 0 atom stereocenters. The average Bonchev–Trinajstić information content (AvgIpc) is 2.34. The smallest absolute Gasteiger partial charge is 0.137 e. The maximum absolute atomic E-state index is 4.85. The van der Waals surface area contributed by atoms with Gasteiger partial charge in [-0.3, -0.25) is 0 Å². The zero-order valence-corrected chi connectivity index (χ0v) is 5.42. The molecule has 3 heteroatoms. The Kier molecular flexibility index (Phi) is 2.27. The number of rotatable bonds is 3. The first kappa shape index (κ1) is 6.29. The third-order valence-electron chi connectivity index (χ3n) is 1.11. The van der Waals surface area contributed by atoms with Gasteiger partial charge in [0.2, 0.25) is 0 Å². The van der Waals surface area contributed by atoms with Gasteiger partial charge in [-0.15, -0.1) is 0 Å². The minimum atomic E-state index is 0.913. The molecule has 0 aliphatic heterocycles. The molecule has 0 spiro atoms. The lowest BCUT2D eigenvalue weighted by molar-refractivity contribution is 0.382. The molecular weight excluding hydrogens is 116 g/mol. The molecule has 0 aliphatic rings. The Bertz CT molecular complexity index is 148. The Balaban J connectivity index is 2.30. The predicted octanol–water partition coefficient (Wildman–Crippen LogP) is 0.436. The molecule has 0 unspecified atom stereocenters. The van der Waals surface area contributed by atoms with Crippen LogP contribution < -0.4 is 5.32 Å². The van der Waals surface area contributed by atoms with Gasteiger partial charge in [0.25, 0.3) is 0 Å². The third kappa shape index (κ3) is 1.85. The highest BCUT2D eigenvalue weighted by Crippen LogP contribution is 1.95. The minimum absolute atomic E-state index is 0.913. The van der Waals surface area contributed by atoms with Crippen LogP contribution in [0, 0.1) is 0 Å². The van der Waals surface area contributed by atoms with Crippen LogP contribution in [0.1, 0.15) is 5.76 Å².